The quantitative estimate of drug-likeness (QED) is 0.809. The van der Waals surface area contributed by atoms with E-state index in [0.29, 0.717) is 6.54 Å². The van der Waals surface area contributed by atoms with Gasteiger partial charge >= 0.3 is 0 Å². The zero-order valence-electron chi connectivity index (χ0n) is 9.81. The largest absolute Gasteiger partial charge is 0.388 e. The summed E-state index contributed by atoms with van der Waals surface area (Å²) in [6.07, 6.45) is 6.41. The lowest BCUT2D eigenvalue weighted by atomic mass is 9.93. The molecule has 1 amide bonds. The molecule has 88 valence electrons. The highest BCUT2D eigenvalue weighted by Gasteiger charge is 2.20. The first kappa shape index (κ1) is 11.2. The van der Waals surface area contributed by atoms with Gasteiger partial charge in [-0.25, -0.2) is 0 Å². The molecule has 0 aromatic carbocycles. The average Bonchev–Trinajstić information content (AvgIpc) is 2.61. The van der Waals surface area contributed by atoms with Gasteiger partial charge in [0, 0.05) is 32.1 Å². The molecule has 16 heavy (non-hydrogen) atoms. The van der Waals surface area contributed by atoms with Crippen molar-refractivity contribution in [1.29, 1.82) is 0 Å². The van der Waals surface area contributed by atoms with Crippen LogP contribution in [0.3, 0.4) is 0 Å². The summed E-state index contributed by atoms with van der Waals surface area (Å²) >= 11 is 0. The van der Waals surface area contributed by atoms with Crippen molar-refractivity contribution >= 4 is 5.91 Å². The molecule has 1 aliphatic carbocycles. The Morgan fingerprint density at radius 3 is 2.94 bits per heavy atom. The van der Waals surface area contributed by atoms with E-state index in [4.69, 9.17) is 0 Å². The lowest BCUT2D eigenvalue weighted by Crippen LogP contribution is -2.25. The Hall–Kier alpha value is -1.29. The molecule has 1 N–H and O–H groups in total. The number of hydrogen-bond donors (Lipinski definition) is 1. The minimum Gasteiger partial charge on any atom is -0.388 e. The number of likely N-dealkylation sites (N-methyl/N-ethyl adjacent to an activating group) is 1. The molecule has 4 heteroatoms. The third-order valence-electron chi connectivity index (χ3n) is 3.10. The summed E-state index contributed by atoms with van der Waals surface area (Å²) in [7, 11) is 3.50. The van der Waals surface area contributed by atoms with E-state index in [1.807, 2.05) is 17.0 Å². The number of carbonyl (C=O) groups is 1. The summed E-state index contributed by atoms with van der Waals surface area (Å²) in [6.45, 7) is 0.354. The van der Waals surface area contributed by atoms with Crippen molar-refractivity contribution in [3.8, 4) is 0 Å². The molecular weight excluding hydrogens is 204 g/mol. The highest BCUT2D eigenvalue weighted by atomic mass is 16.3. The van der Waals surface area contributed by atoms with Gasteiger partial charge in [-0.1, -0.05) is 0 Å². The van der Waals surface area contributed by atoms with Crippen LogP contribution in [0.4, 0.5) is 0 Å². The van der Waals surface area contributed by atoms with Gasteiger partial charge in [0.15, 0.2) is 0 Å². The second-order valence-electron chi connectivity index (χ2n) is 4.61. The number of aliphatic hydroxyl groups is 1. The van der Waals surface area contributed by atoms with Crippen LogP contribution in [0.1, 0.15) is 30.1 Å². The minimum atomic E-state index is -0.348. The molecule has 1 aliphatic rings. The SMILES string of the molecule is CN(C)C(=O)Cn1cc2c(c1)C(O)CCC2. The number of amides is 1. The number of carbonyl (C=O) groups excluding carboxylic acids is 1. The summed E-state index contributed by atoms with van der Waals surface area (Å²) in [5.41, 5.74) is 2.18. The number of fused-ring (bicyclic) bond motifs is 1. The van der Waals surface area contributed by atoms with Crippen molar-refractivity contribution in [1.82, 2.24) is 9.47 Å². The Morgan fingerprint density at radius 1 is 1.56 bits per heavy atom. The monoisotopic (exact) mass is 222 g/mol. The van der Waals surface area contributed by atoms with Gasteiger partial charge in [-0.3, -0.25) is 4.79 Å². The van der Waals surface area contributed by atoms with Crippen molar-refractivity contribution in [3.63, 3.8) is 0 Å². The molecule has 2 rings (SSSR count). The van der Waals surface area contributed by atoms with E-state index >= 15 is 0 Å². The third kappa shape index (κ3) is 2.11. The van der Waals surface area contributed by atoms with Crippen LogP contribution in [0, 0.1) is 0 Å². The second kappa shape index (κ2) is 4.29. The molecule has 4 nitrogen and oxygen atoms in total. The van der Waals surface area contributed by atoms with Crippen molar-refractivity contribution in [3.05, 3.63) is 23.5 Å². The van der Waals surface area contributed by atoms with Gasteiger partial charge in [-0.05, 0) is 24.8 Å². The minimum absolute atomic E-state index is 0.0711. The van der Waals surface area contributed by atoms with E-state index in [-0.39, 0.29) is 12.0 Å². The summed E-state index contributed by atoms with van der Waals surface area (Å²) in [5, 5.41) is 9.81. The Kier molecular flexibility index (Phi) is 3.01. The predicted octanol–water partition coefficient (Wildman–Crippen LogP) is 0.946. The maximum atomic E-state index is 11.5. The van der Waals surface area contributed by atoms with E-state index in [0.717, 1.165) is 24.8 Å². The zero-order chi connectivity index (χ0) is 11.7. The van der Waals surface area contributed by atoms with Crippen LogP contribution in [-0.4, -0.2) is 34.6 Å². The highest BCUT2D eigenvalue weighted by molar-refractivity contribution is 5.75. The van der Waals surface area contributed by atoms with E-state index in [2.05, 4.69) is 0 Å². The fourth-order valence-electron chi connectivity index (χ4n) is 2.11. The fourth-order valence-corrected chi connectivity index (χ4v) is 2.11. The van der Waals surface area contributed by atoms with Crippen LogP contribution in [0.15, 0.2) is 12.4 Å². The van der Waals surface area contributed by atoms with E-state index in [9.17, 15) is 9.90 Å². The predicted molar refractivity (Wildman–Crippen MR) is 61.0 cm³/mol. The average molecular weight is 222 g/mol. The van der Waals surface area contributed by atoms with Crippen LogP contribution in [0.2, 0.25) is 0 Å². The number of aryl methyl sites for hydroxylation is 1. The van der Waals surface area contributed by atoms with Crippen LogP contribution >= 0.6 is 0 Å². The van der Waals surface area contributed by atoms with Crippen LogP contribution < -0.4 is 0 Å². The fraction of sp³-hybridized carbons (Fsp3) is 0.583. The summed E-state index contributed by atoms with van der Waals surface area (Å²) in [4.78, 5) is 13.1. The topological polar surface area (TPSA) is 45.5 Å². The number of aliphatic hydroxyl groups excluding tert-OH is 1. The Bertz CT molecular complexity index is 396. The van der Waals surface area contributed by atoms with Gasteiger partial charge in [0.05, 0.1) is 6.10 Å². The van der Waals surface area contributed by atoms with E-state index in [1.54, 1.807) is 19.0 Å². The molecule has 1 aromatic heterocycles. The van der Waals surface area contributed by atoms with Gasteiger partial charge in [-0.2, -0.15) is 0 Å². The number of nitrogens with zero attached hydrogens (tertiary/aromatic N) is 2. The molecule has 0 bridgehead atoms. The molecule has 0 spiro atoms. The molecule has 0 aliphatic heterocycles. The Labute approximate surface area is 95.5 Å². The third-order valence-corrected chi connectivity index (χ3v) is 3.10. The van der Waals surface area contributed by atoms with Gasteiger partial charge in [0.25, 0.3) is 0 Å². The molecule has 1 heterocycles. The van der Waals surface area contributed by atoms with Crippen molar-refractivity contribution in [2.45, 2.75) is 31.9 Å². The van der Waals surface area contributed by atoms with E-state index < -0.39 is 0 Å². The van der Waals surface area contributed by atoms with Gasteiger partial charge < -0.3 is 14.6 Å². The first-order valence-corrected chi connectivity index (χ1v) is 5.64. The maximum Gasteiger partial charge on any atom is 0.241 e. The molecule has 0 saturated carbocycles. The van der Waals surface area contributed by atoms with Crippen molar-refractivity contribution in [2.24, 2.45) is 0 Å². The van der Waals surface area contributed by atoms with Crippen LogP contribution in [0.25, 0.3) is 0 Å². The molecule has 0 saturated heterocycles. The molecule has 0 radical (unpaired) electrons. The summed E-state index contributed by atoms with van der Waals surface area (Å²) in [6, 6.07) is 0. The molecule has 1 atom stereocenters. The van der Waals surface area contributed by atoms with Crippen LogP contribution in [-0.2, 0) is 17.8 Å². The van der Waals surface area contributed by atoms with Gasteiger partial charge in [-0.15, -0.1) is 0 Å². The molecule has 0 fully saturated rings. The number of rotatable bonds is 2. The molecule has 1 aromatic rings. The van der Waals surface area contributed by atoms with Gasteiger partial charge in [0.1, 0.15) is 6.54 Å². The van der Waals surface area contributed by atoms with Crippen molar-refractivity contribution in [2.75, 3.05) is 14.1 Å². The van der Waals surface area contributed by atoms with Crippen LogP contribution in [0.5, 0.6) is 0 Å². The molecular formula is C12H18N2O2. The normalized spacial score (nSPS) is 19.3. The van der Waals surface area contributed by atoms with E-state index in [1.165, 1.54) is 5.56 Å². The first-order valence-electron chi connectivity index (χ1n) is 5.64. The Balaban J connectivity index is 2.15. The number of hydrogen-bond acceptors (Lipinski definition) is 2. The standard InChI is InChI=1S/C12H18N2O2/c1-13(2)12(16)8-14-6-9-4-3-5-11(15)10(9)7-14/h6-7,11,15H,3-5,8H2,1-2H3. The van der Waals surface area contributed by atoms with Gasteiger partial charge in [0.2, 0.25) is 5.91 Å². The lowest BCUT2D eigenvalue weighted by Gasteiger charge is -2.16. The molecule has 1 unspecified atom stereocenters. The lowest BCUT2D eigenvalue weighted by molar-refractivity contribution is -0.129. The first-order chi connectivity index (χ1) is 7.58. The Morgan fingerprint density at radius 2 is 2.31 bits per heavy atom. The summed E-state index contributed by atoms with van der Waals surface area (Å²) in [5.74, 6) is 0.0711. The zero-order valence-corrected chi connectivity index (χ0v) is 9.81. The maximum absolute atomic E-state index is 11.5. The van der Waals surface area contributed by atoms with Crippen molar-refractivity contribution < 1.29 is 9.90 Å². The second-order valence-corrected chi connectivity index (χ2v) is 4.61. The highest BCUT2D eigenvalue weighted by Crippen LogP contribution is 2.30. The summed E-state index contributed by atoms with van der Waals surface area (Å²) < 4.78 is 1.88. The smallest absolute Gasteiger partial charge is 0.241 e. The number of aromatic nitrogens is 1.